The monoisotopic (exact) mass is 310 g/mol. The van der Waals surface area contributed by atoms with E-state index in [1.807, 2.05) is 19.1 Å². The fourth-order valence-electron chi connectivity index (χ4n) is 1.69. The summed E-state index contributed by atoms with van der Waals surface area (Å²) in [4.78, 5) is 19.2. The van der Waals surface area contributed by atoms with Crippen molar-refractivity contribution < 1.29 is 4.79 Å². The number of aromatic nitrogens is 3. The number of nitrogens with one attached hydrogen (secondary N) is 1. The number of hydrogen-bond donors (Lipinski definition) is 1. The minimum atomic E-state index is -0.217. The van der Waals surface area contributed by atoms with Crippen molar-refractivity contribution >= 4 is 28.8 Å². The maximum absolute atomic E-state index is 12.4. The van der Waals surface area contributed by atoms with Crippen LogP contribution in [-0.2, 0) is 13.0 Å². The maximum Gasteiger partial charge on any atom is 0.294 e. The first-order chi connectivity index (χ1) is 9.63. The lowest BCUT2D eigenvalue weighted by atomic mass is 10.3. The highest BCUT2D eigenvalue weighted by atomic mass is 35.5. The Morgan fingerprint density at radius 3 is 2.95 bits per heavy atom. The molecule has 0 unspecified atom stereocenters. The van der Waals surface area contributed by atoms with Crippen LogP contribution >= 0.6 is 22.9 Å². The molecule has 106 valence electrons. The molecule has 20 heavy (non-hydrogen) atoms. The van der Waals surface area contributed by atoms with Gasteiger partial charge < -0.3 is 4.90 Å². The van der Waals surface area contributed by atoms with Gasteiger partial charge in [-0.25, -0.2) is 4.98 Å². The summed E-state index contributed by atoms with van der Waals surface area (Å²) < 4.78 is 0.706. The fourth-order valence-corrected chi connectivity index (χ4v) is 2.79. The number of aryl methyl sites for hydroxylation is 1. The van der Waals surface area contributed by atoms with Crippen LogP contribution in [0, 0.1) is 0 Å². The molecule has 1 N–H and O–H groups in total. The molecule has 0 spiro atoms. The van der Waals surface area contributed by atoms with Gasteiger partial charge >= 0.3 is 0 Å². The lowest BCUT2D eigenvalue weighted by Crippen LogP contribution is -2.31. The van der Waals surface area contributed by atoms with E-state index < -0.39 is 0 Å². The normalized spacial score (nSPS) is 10.5. The van der Waals surface area contributed by atoms with Crippen LogP contribution in [0.5, 0.6) is 0 Å². The van der Waals surface area contributed by atoms with E-state index in [0.717, 1.165) is 4.88 Å². The van der Waals surface area contributed by atoms with Crippen LogP contribution in [0.2, 0.25) is 4.34 Å². The molecule has 0 atom stereocenters. The van der Waals surface area contributed by atoms with E-state index in [1.165, 1.54) is 11.3 Å². The number of halogens is 1. The zero-order valence-electron chi connectivity index (χ0n) is 11.1. The van der Waals surface area contributed by atoms with Gasteiger partial charge in [-0.05, 0) is 12.1 Å². The molecule has 7 heteroatoms. The quantitative estimate of drug-likeness (QED) is 0.834. The number of amides is 1. The number of carbonyl (C=O) groups is 1. The zero-order chi connectivity index (χ0) is 14.5. The molecule has 0 saturated heterocycles. The molecule has 1 amide bonds. The van der Waals surface area contributed by atoms with Gasteiger partial charge in [0.15, 0.2) is 0 Å². The maximum atomic E-state index is 12.4. The first-order valence-electron chi connectivity index (χ1n) is 6.19. The number of aromatic amines is 1. The number of hydrogen-bond acceptors (Lipinski definition) is 4. The van der Waals surface area contributed by atoms with E-state index in [9.17, 15) is 4.79 Å². The Bertz CT molecular complexity index is 607. The number of rotatable bonds is 6. The van der Waals surface area contributed by atoms with Crippen molar-refractivity contribution in [1.82, 2.24) is 20.1 Å². The van der Waals surface area contributed by atoms with Crippen molar-refractivity contribution in [1.29, 1.82) is 0 Å². The smallest absolute Gasteiger partial charge is 0.294 e. The van der Waals surface area contributed by atoms with Crippen molar-refractivity contribution in [3.63, 3.8) is 0 Å². The van der Waals surface area contributed by atoms with Crippen molar-refractivity contribution in [2.45, 2.75) is 19.9 Å². The van der Waals surface area contributed by atoms with Crippen LogP contribution in [0.3, 0.4) is 0 Å². The van der Waals surface area contributed by atoms with Crippen LogP contribution in [0.4, 0.5) is 0 Å². The van der Waals surface area contributed by atoms with Crippen LogP contribution in [0.25, 0.3) is 0 Å². The van der Waals surface area contributed by atoms with Gasteiger partial charge in [0, 0.05) is 17.8 Å². The number of nitrogens with zero attached hydrogens (tertiary/aromatic N) is 3. The minimum absolute atomic E-state index is 0.186. The number of thiophene rings is 1. The lowest BCUT2D eigenvalue weighted by Gasteiger charge is -2.18. The molecule has 0 saturated carbocycles. The third kappa shape index (κ3) is 3.46. The predicted molar refractivity (Wildman–Crippen MR) is 80.0 cm³/mol. The summed E-state index contributed by atoms with van der Waals surface area (Å²) >= 11 is 7.36. The number of carbonyl (C=O) groups excluding carboxylic acids is 1. The van der Waals surface area contributed by atoms with Gasteiger partial charge in [-0.3, -0.25) is 9.89 Å². The van der Waals surface area contributed by atoms with Gasteiger partial charge in [0.05, 0.1) is 10.9 Å². The Morgan fingerprint density at radius 2 is 2.40 bits per heavy atom. The molecular formula is C13H15ClN4OS. The van der Waals surface area contributed by atoms with Crippen LogP contribution < -0.4 is 0 Å². The molecule has 0 bridgehead atoms. The molecular weight excluding hydrogens is 296 g/mol. The molecule has 2 aromatic heterocycles. The van der Waals surface area contributed by atoms with Gasteiger partial charge in [0.25, 0.3) is 5.91 Å². The first kappa shape index (κ1) is 14.7. The summed E-state index contributed by atoms with van der Waals surface area (Å²) in [6, 6.07) is 3.73. The Labute approximate surface area is 126 Å². The SMILES string of the molecule is C=CCN(Cc1ccc(Cl)s1)C(=O)c1n[nH]c(CC)n1. The molecule has 0 aliphatic heterocycles. The molecule has 0 radical (unpaired) electrons. The van der Waals surface area contributed by atoms with Gasteiger partial charge in [0.2, 0.25) is 5.82 Å². The van der Waals surface area contributed by atoms with Crippen LogP contribution in [0.15, 0.2) is 24.8 Å². The van der Waals surface area contributed by atoms with E-state index >= 15 is 0 Å². The second-order valence-corrected chi connectivity index (χ2v) is 5.94. The summed E-state index contributed by atoms with van der Waals surface area (Å²) in [6.07, 6.45) is 2.39. The lowest BCUT2D eigenvalue weighted by molar-refractivity contribution is 0.0752. The van der Waals surface area contributed by atoms with Gasteiger partial charge in [-0.2, -0.15) is 0 Å². The number of H-pyrrole nitrogens is 1. The Morgan fingerprint density at radius 1 is 1.60 bits per heavy atom. The van der Waals surface area contributed by atoms with E-state index in [-0.39, 0.29) is 11.7 Å². The average Bonchev–Trinajstić information content (AvgIpc) is 3.06. The molecule has 0 aromatic carbocycles. The Kier molecular flexibility index (Phi) is 4.92. The zero-order valence-corrected chi connectivity index (χ0v) is 12.7. The standard InChI is InChI=1S/C13H15ClN4OS/c1-3-7-18(8-9-5-6-10(14)20-9)13(19)12-15-11(4-2)16-17-12/h3,5-6H,1,4,7-8H2,2H3,(H,15,16,17). The van der Waals surface area contributed by atoms with E-state index in [2.05, 4.69) is 21.8 Å². The van der Waals surface area contributed by atoms with Gasteiger partial charge in [0.1, 0.15) is 5.82 Å². The van der Waals surface area contributed by atoms with Crippen LogP contribution in [-0.4, -0.2) is 32.5 Å². The second-order valence-electron chi connectivity index (χ2n) is 4.14. The van der Waals surface area contributed by atoms with Crippen molar-refractivity contribution in [2.75, 3.05) is 6.54 Å². The summed E-state index contributed by atoms with van der Waals surface area (Å²) in [5.74, 6) is 0.669. The topological polar surface area (TPSA) is 61.9 Å². The Balaban J connectivity index is 2.14. The van der Waals surface area contributed by atoms with Gasteiger partial charge in [-0.15, -0.1) is 23.0 Å². The fraction of sp³-hybridized carbons (Fsp3) is 0.308. The predicted octanol–water partition coefficient (Wildman–Crippen LogP) is 2.91. The molecule has 2 aromatic rings. The van der Waals surface area contributed by atoms with Gasteiger partial charge in [-0.1, -0.05) is 24.6 Å². The minimum Gasteiger partial charge on any atom is -0.327 e. The Hall–Kier alpha value is -1.66. The van der Waals surface area contributed by atoms with Crippen LogP contribution in [0.1, 0.15) is 28.2 Å². The first-order valence-corrected chi connectivity index (χ1v) is 7.39. The van der Waals surface area contributed by atoms with E-state index in [0.29, 0.717) is 29.7 Å². The van der Waals surface area contributed by atoms with Crippen molar-refractivity contribution in [3.05, 3.63) is 45.6 Å². The third-order valence-electron chi connectivity index (χ3n) is 2.67. The van der Waals surface area contributed by atoms with E-state index in [1.54, 1.807) is 11.0 Å². The molecule has 0 aliphatic rings. The molecule has 0 aliphatic carbocycles. The molecule has 2 rings (SSSR count). The van der Waals surface area contributed by atoms with E-state index in [4.69, 9.17) is 11.6 Å². The molecule has 2 heterocycles. The van der Waals surface area contributed by atoms with Crippen molar-refractivity contribution in [3.8, 4) is 0 Å². The largest absolute Gasteiger partial charge is 0.327 e. The van der Waals surface area contributed by atoms with Crippen molar-refractivity contribution in [2.24, 2.45) is 0 Å². The summed E-state index contributed by atoms with van der Waals surface area (Å²) in [6.45, 7) is 6.53. The average molecular weight is 311 g/mol. The summed E-state index contributed by atoms with van der Waals surface area (Å²) in [5.41, 5.74) is 0. The highest BCUT2D eigenvalue weighted by Crippen LogP contribution is 2.23. The highest BCUT2D eigenvalue weighted by Gasteiger charge is 2.20. The second kappa shape index (κ2) is 6.67. The molecule has 0 fully saturated rings. The molecule has 5 nitrogen and oxygen atoms in total. The summed E-state index contributed by atoms with van der Waals surface area (Å²) in [7, 11) is 0. The highest BCUT2D eigenvalue weighted by molar-refractivity contribution is 7.16. The third-order valence-corrected chi connectivity index (χ3v) is 3.89. The summed E-state index contributed by atoms with van der Waals surface area (Å²) in [5, 5.41) is 6.70.